The Morgan fingerprint density at radius 1 is 0.893 bits per heavy atom. The molecule has 4 rings (SSSR count). The zero-order valence-electron chi connectivity index (χ0n) is 15.3. The van der Waals surface area contributed by atoms with Gasteiger partial charge in [0.1, 0.15) is 17.3 Å². The molecule has 1 saturated heterocycles. The van der Waals surface area contributed by atoms with Gasteiger partial charge < -0.3 is 15.1 Å². The molecule has 0 aliphatic carbocycles. The zero-order chi connectivity index (χ0) is 19.3. The first-order valence-electron chi connectivity index (χ1n) is 9.13. The second kappa shape index (κ2) is 8.04. The average molecular weight is 377 g/mol. The van der Waals surface area contributed by atoms with Crippen LogP contribution in [0.5, 0.6) is 0 Å². The average Bonchev–Trinajstić information content (AvgIpc) is 2.76. The molecule has 0 radical (unpaired) electrons. The zero-order valence-corrected chi connectivity index (χ0v) is 15.3. The van der Waals surface area contributed by atoms with Crippen LogP contribution in [0.3, 0.4) is 0 Å². The first-order valence-corrected chi connectivity index (χ1v) is 9.13. The lowest BCUT2D eigenvalue weighted by molar-refractivity contribution is 0.102. The van der Waals surface area contributed by atoms with Gasteiger partial charge in [0, 0.05) is 38.1 Å². The summed E-state index contributed by atoms with van der Waals surface area (Å²) in [6.07, 6.45) is 3.53. The Kier molecular flexibility index (Phi) is 5.14. The van der Waals surface area contributed by atoms with Gasteiger partial charge in [0.05, 0.1) is 11.9 Å². The summed E-state index contributed by atoms with van der Waals surface area (Å²) in [6.45, 7) is 3.48. The molecule has 2 aromatic heterocycles. The van der Waals surface area contributed by atoms with Crippen LogP contribution in [0.1, 0.15) is 10.5 Å². The first-order chi connectivity index (χ1) is 13.7. The number of benzene rings is 1. The number of anilines is 3. The SMILES string of the molecule is O=C(Nc1ccc(F)cc1)c1ccc(N2CCN(c3ccccn3)CC2)cn1. The van der Waals surface area contributed by atoms with Crippen molar-refractivity contribution in [2.75, 3.05) is 41.3 Å². The van der Waals surface area contributed by atoms with E-state index < -0.39 is 0 Å². The van der Waals surface area contributed by atoms with E-state index in [1.165, 1.54) is 24.3 Å². The van der Waals surface area contributed by atoms with Crippen molar-refractivity contribution in [3.8, 4) is 0 Å². The molecule has 28 heavy (non-hydrogen) atoms. The van der Waals surface area contributed by atoms with Crippen molar-refractivity contribution in [3.63, 3.8) is 0 Å². The predicted molar refractivity (Wildman–Crippen MR) is 107 cm³/mol. The molecule has 0 spiro atoms. The van der Waals surface area contributed by atoms with Gasteiger partial charge in [-0.25, -0.2) is 14.4 Å². The van der Waals surface area contributed by atoms with E-state index in [0.29, 0.717) is 11.4 Å². The summed E-state index contributed by atoms with van der Waals surface area (Å²) in [4.78, 5) is 25.5. The van der Waals surface area contributed by atoms with E-state index in [0.717, 1.165) is 37.7 Å². The Hall–Kier alpha value is -3.48. The van der Waals surface area contributed by atoms with Crippen LogP contribution in [0.25, 0.3) is 0 Å². The first kappa shape index (κ1) is 17.9. The standard InChI is InChI=1S/C21H20FN5O/c22-16-4-6-17(7-5-16)25-21(28)19-9-8-18(15-24-19)26-11-13-27(14-12-26)20-3-1-2-10-23-20/h1-10,15H,11-14H2,(H,25,28). The number of aromatic nitrogens is 2. The van der Waals surface area contributed by atoms with E-state index in [4.69, 9.17) is 0 Å². The fraction of sp³-hybridized carbons (Fsp3) is 0.190. The maximum atomic E-state index is 13.0. The lowest BCUT2D eigenvalue weighted by atomic mass is 10.2. The second-order valence-electron chi connectivity index (χ2n) is 6.52. The van der Waals surface area contributed by atoms with Gasteiger partial charge in [-0.05, 0) is 48.5 Å². The van der Waals surface area contributed by atoms with Gasteiger partial charge in [0.25, 0.3) is 5.91 Å². The van der Waals surface area contributed by atoms with Crippen LogP contribution >= 0.6 is 0 Å². The molecule has 0 unspecified atom stereocenters. The van der Waals surface area contributed by atoms with Crippen molar-refractivity contribution in [2.45, 2.75) is 0 Å². The van der Waals surface area contributed by atoms with E-state index in [9.17, 15) is 9.18 Å². The van der Waals surface area contributed by atoms with Gasteiger partial charge in [0.2, 0.25) is 0 Å². The quantitative estimate of drug-likeness (QED) is 0.757. The highest BCUT2D eigenvalue weighted by molar-refractivity contribution is 6.02. The minimum absolute atomic E-state index is 0.320. The molecule has 6 nitrogen and oxygen atoms in total. The van der Waals surface area contributed by atoms with Gasteiger partial charge in [-0.1, -0.05) is 6.07 Å². The molecule has 0 saturated carbocycles. The monoisotopic (exact) mass is 377 g/mol. The molecule has 1 aliphatic rings. The summed E-state index contributed by atoms with van der Waals surface area (Å²) in [6, 6.07) is 15.2. The van der Waals surface area contributed by atoms with E-state index in [1.807, 2.05) is 24.3 Å². The van der Waals surface area contributed by atoms with Gasteiger partial charge in [-0.15, -0.1) is 0 Å². The Morgan fingerprint density at radius 2 is 1.64 bits per heavy atom. The highest BCUT2D eigenvalue weighted by Gasteiger charge is 2.18. The molecule has 1 aromatic carbocycles. The number of pyridine rings is 2. The van der Waals surface area contributed by atoms with Crippen molar-refractivity contribution < 1.29 is 9.18 Å². The molecule has 3 aromatic rings. The highest BCUT2D eigenvalue weighted by Crippen LogP contribution is 2.19. The summed E-state index contributed by atoms with van der Waals surface area (Å²) in [7, 11) is 0. The number of carbonyl (C=O) groups is 1. The van der Waals surface area contributed by atoms with Crippen molar-refractivity contribution >= 4 is 23.1 Å². The summed E-state index contributed by atoms with van der Waals surface area (Å²) in [5.74, 6) is 0.329. The van der Waals surface area contributed by atoms with Crippen LogP contribution in [0.4, 0.5) is 21.6 Å². The smallest absolute Gasteiger partial charge is 0.274 e. The van der Waals surface area contributed by atoms with Crippen LogP contribution in [-0.2, 0) is 0 Å². The number of rotatable bonds is 4. The summed E-state index contributed by atoms with van der Waals surface area (Å²) in [5, 5.41) is 2.71. The number of carbonyl (C=O) groups excluding carboxylic acids is 1. The van der Waals surface area contributed by atoms with E-state index in [2.05, 4.69) is 25.1 Å². The van der Waals surface area contributed by atoms with Gasteiger partial charge in [-0.2, -0.15) is 0 Å². The second-order valence-corrected chi connectivity index (χ2v) is 6.52. The molecule has 1 amide bonds. The third kappa shape index (κ3) is 4.09. The van der Waals surface area contributed by atoms with Crippen molar-refractivity contribution in [1.29, 1.82) is 0 Å². The molecular formula is C21H20FN5O. The molecule has 1 N–H and O–H groups in total. The van der Waals surface area contributed by atoms with Crippen molar-refractivity contribution in [3.05, 3.63) is 78.5 Å². The van der Waals surface area contributed by atoms with Gasteiger partial charge in [-0.3, -0.25) is 4.79 Å². The fourth-order valence-electron chi connectivity index (χ4n) is 3.17. The van der Waals surface area contributed by atoms with Crippen LogP contribution in [-0.4, -0.2) is 42.1 Å². The third-order valence-corrected chi connectivity index (χ3v) is 4.70. The summed E-state index contributed by atoms with van der Waals surface area (Å²) < 4.78 is 13.0. The number of hydrogen-bond donors (Lipinski definition) is 1. The maximum Gasteiger partial charge on any atom is 0.274 e. The molecule has 142 valence electrons. The molecule has 1 aliphatic heterocycles. The molecule has 1 fully saturated rings. The van der Waals surface area contributed by atoms with Gasteiger partial charge in [0.15, 0.2) is 0 Å². The lowest BCUT2D eigenvalue weighted by Gasteiger charge is -2.36. The highest BCUT2D eigenvalue weighted by atomic mass is 19.1. The van der Waals surface area contributed by atoms with Crippen LogP contribution in [0, 0.1) is 5.82 Å². The Balaban J connectivity index is 1.36. The molecule has 7 heteroatoms. The third-order valence-electron chi connectivity index (χ3n) is 4.70. The van der Waals surface area contributed by atoms with E-state index in [-0.39, 0.29) is 11.7 Å². The Morgan fingerprint density at radius 3 is 2.29 bits per heavy atom. The molecular weight excluding hydrogens is 357 g/mol. The Bertz CT molecular complexity index is 923. The molecule has 0 bridgehead atoms. The fourth-order valence-corrected chi connectivity index (χ4v) is 3.17. The predicted octanol–water partition coefficient (Wildman–Crippen LogP) is 3.19. The van der Waals surface area contributed by atoms with Crippen LogP contribution in [0.15, 0.2) is 67.0 Å². The number of nitrogens with one attached hydrogen (secondary N) is 1. The Labute approximate surface area is 162 Å². The van der Waals surface area contributed by atoms with Crippen molar-refractivity contribution in [1.82, 2.24) is 9.97 Å². The topological polar surface area (TPSA) is 61.4 Å². The summed E-state index contributed by atoms with van der Waals surface area (Å²) >= 11 is 0. The summed E-state index contributed by atoms with van der Waals surface area (Å²) in [5.41, 5.74) is 1.84. The lowest BCUT2D eigenvalue weighted by Crippen LogP contribution is -2.46. The van der Waals surface area contributed by atoms with Gasteiger partial charge >= 0.3 is 0 Å². The van der Waals surface area contributed by atoms with E-state index in [1.54, 1.807) is 18.5 Å². The number of piperazine rings is 1. The largest absolute Gasteiger partial charge is 0.367 e. The van der Waals surface area contributed by atoms with E-state index >= 15 is 0 Å². The van der Waals surface area contributed by atoms with Crippen LogP contribution < -0.4 is 15.1 Å². The minimum Gasteiger partial charge on any atom is -0.367 e. The number of amides is 1. The molecule has 3 heterocycles. The van der Waals surface area contributed by atoms with Crippen LogP contribution in [0.2, 0.25) is 0 Å². The minimum atomic E-state index is -0.344. The normalized spacial score (nSPS) is 14.0. The van der Waals surface area contributed by atoms with Crippen molar-refractivity contribution in [2.24, 2.45) is 0 Å². The number of nitrogens with zero attached hydrogens (tertiary/aromatic N) is 4. The maximum absolute atomic E-state index is 13.0. The number of halogens is 1. The number of hydrogen-bond acceptors (Lipinski definition) is 5. The molecule has 0 atom stereocenters.